The normalized spacial score (nSPS) is 16.2. The summed E-state index contributed by atoms with van der Waals surface area (Å²) >= 11 is -2.50. The minimum absolute atomic E-state index is 0.458. The third-order valence-electron chi connectivity index (χ3n) is 11.4. The van der Waals surface area contributed by atoms with E-state index in [2.05, 4.69) is 199 Å². The summed E-state index contributed by atoms with van der Waals surface area (Å²) in [7, 11) is 0. The van der Waals surface area contributed by atoms with Gasteiger partial charge in [0.25, 0.3) is 0 Å². The van der Waals surface area contributed by atoms with Crippen LogP contribution >= 0.6 is 0 Å². The molecular weight excluding hydrogens is 720 g/mol. The van der Waals surface area contributed by atoms with E-state index in [1.807, 2.05) is 0 Å². The SMILES string of the molecule is CC(C)c1ccccc1-c1cccc2c1C=C(c1ccccc1)[CH]2[Zr]([CH]1C(c2ccccc2)=Cc2c(-c3ccccc3C(C)C)cccc21)[SiH](C)C. The van der Waals surface area contributed by atoms with Crippen molar-refractivity contribution in [3.8, 4) is 22.3 Å². The van der Waals surface area contributed by atoms with Crippen LogP contribution in [0.3, 0.4) is 0 Å². The minimum atomic E-state index is -2.50. The van der Waals surface area contributed by atoms with E-state index in [0.29, 0.717) is 19.1 Å². The van der Waals surface area contributed by atoms with Crippen molar-refractivity contribution in [2.45, 2.75) is 59.9 Å². The van der Waals surface area contributed by atoms with Crippen LogP contribution in [-0.2, 0) is 20.9 Å². The fourth-order valence-electron chi connectivity index (χ4n) is 9.08. The molecule has 0 heterocycles. The molecule has 0 bridgehead atoms. The van der Waals surface area contributed by atoms with Crippen molar-refractivity contribution >= 4 is 29.2 Å². The third-order valence-corrected chi connectivity index (χ3v) is 32.9. The molecule has 0 nitrogen and oxygen atoms in total. The maximum absolute atomic E-state index is 2.69. The Morgan fingerprint density at radius 1 is 0.423 bits per heavy atom. The van der Waals surface area contributed by atoms with E-state index in [-0.39, 0.29) is 0 Å². The molecular formula is C50H49SiZr. The van der Waals surface area contributed by atoms with Crippen LogP contribution in [0, 0.1) is 0 Å². The summed E-state index contributed by atoms with van der Waals surface area (Å²) < 4.78 is 0.958. The van der Waals surface area contributed by atoms with Crippen LogP contribution in [0.2, 0.25) is 13.1 Å². The molecule has 6 aromatic rings. The molecule has 6 aromatic carbocycles. The van der Waals surface area contributed by atoms with Gasteiger partial charge >= 0.3 is 322 Å². The molecule has 0 amide bonds. The van der Waals surface area contributed by atoms with E-state index in [0.717, 1.165) is 0 Å². The zero-order chi connectivity index (χ0) is 35.9. The number of fused-ring (bicyclic) bond motifs is 2. The van der Waals surface area contributed by atoms with Gasteiger partial charge in [0.15, 0.2) is 0 Å². The Balaban J connectivity index is 1.37. The zero-order valence-corrected chi connectivity index (χ0v) is 35.0. The molecule has 0 radical (unpaired) electrons. The first-order valence-electron chi connectivity index (χ1n) is 19.2. The molecule has 0 saturated heterocycles. The van der Waals surface area contributed by atoms with E-state index in [1.165, 1.54) is 55.6 Å². The van der Waals surface area contributed by atoms with Crippen LogP contribution in [0.25, 0.3) is 45.6 Å². The summed E-state index contributed by atoms with van der Waals surface area (Å²) in [6.07, 6.45) is 5.24. The molecule has 2 atom stereocenters. The van der Waals surface area contributed by atoms with Gasteiger partial charge in [-0.2, -0.15) is 0 Å². The summed E-state index contributed by atoms with van der Waals surface area (Å²) in [5.74, 6) is -0.234. The predicted molar refractivity (Wildman–Crippen MR) is 225 cm³/mol. The summed E-state index contributed by atoms with van der Waals surface area (Å²) in [5.41, 5.74) is 20.4. The molecule has 2 aliphatic rings. The Morgan fingerprint density at radius 2 is 0.788 bits per heavy atom. The van der Waals surface area contributed by atoms with Gasteiger partial charge in [0.1, 0.15) is 0 Å². The van der Waals surface area contributed by atoms with Crippen LogP contribution in [0.15, 0.2) is 146 Å². The summed E-state index contributed by atoms with van der Waals surface area (Å²) in [4.78, 5) is 0. The average Bonchev–Trinajstić information content (AvgIpc) is 3.75. The number of benzene rings is 6. The van der Waals surface area contributed by atoms with Gasteiger partial charge < -0.3 is 0 Å². The third kappa shape index (κ3) is 6.23. The molecule has 2 heteroatoms. The topological polar surface area (TPSA) is 0 Å². The molecule has 0 saturated carbocycles. The van der Waals surface area contributed by atoms with Crippen molar-refractivity contribution in [2.24, 2.45) is 0 Å². The molecule has 0 aliphatic heterocycles. The Kier molecular flexibility index (Phi) is 9.90. The van der Waals surface area contributed by atoms with Gasteiger partial charge in [0.2, 0.25) is 0 Å². The van der Waals surface area contributed by atoms with E-state index < -0.39 is 26.8 Å². The number of hydrogen-bond donors (Lipinski definition) is 0. The first kappa shape index (κ1) is 35.0. The van der Waals surface area contributed by atoms with Crippen molar-refractivity contribution in [3.63, 3.8) is 0 Å². The molecule has 0 fully saturated rings. The van der Waals surface area contributed by atoms with Crippen molar-refractivity contribution in [1.82, 2.24) is 0 Å². The van der Waals surface area contributed by atoms with E-state index in [9.17, 15) is 0 Å². The zero-order valence-electron chi connectivity index (χ0n) is 31.4. The standard InChI is InChI=1S/2C24H21.C2H7Si.Zr/c2*1-17(2)21-12-6-7-13-22(21)23-14-8-11-19-15-20(16-24(19)23)18-9-4-3-5-10-18;1-3-2;/h2*3-17H,1-2H3;3H,1-2H3;. The second kappa shape index (κ2) is 14.7. The molecule has 2 aliphatic carbocycles. The summed E-state index contributed by atoms with van der Waals surface area (Å²) in [6.45, 7) is 14.7. The van der Waals surface area contributed by atoms with E-state index in [4.69, 9.17) is 0 Å². The van der Waals surface area contributed by atoms with Crippen LogP contribution < -0.4 is 0 Å². The van der Waals surface area contributed by atoms with Crippen LogP contribution in [0.4, 0.5) is 0 Å². The van der Waals surface area contributed by atoms with E-state index >= 15 is 0 Å². The van der Waals surface area contributed by atoms with Crippen LogP contribution in [-0.4, -0.2) is 5.92 Å². The van der Waals surface area contributed by atoms with Gasteiger partial charge in [-0.3, -0.25) is 0 Å². The van der Waals surface area contributed by atoms with E-state index in [1.54, 1.807) is 22.3 Å². The van der Waals surface area contributed by atoms with Gasteiger partial charge in [-0.1, -0.05) is 0 Å². The first-order chi connectivity index (χ1) is 25.3. The fraction of sp³-hybridized carbons (Fsp3) is 0.200. The second-order valence-electron chi connectivity index (χ2n) is 15.6. The molecule has 0 aromatic heterocycles. The van der Waals surface area contributed by atoms with Gasteiger partial charge in [-0.05, 0) is 0 Å². The van der Waals surface area contributed by atoms with Crippen LogP contribution in [0.5, 0.6) is 0 Å². The maximum atomic E-state index is 2.69. The fourth-order valence-corrected chi connectivity index (χ4v) is 31.3. The van der Waals surface area contributed by atoms with Crippen LogP contribution in [0.1, 0.15) is 91.3 Å². The first-order valence-corrected chi connectivity index (χ1v) is 29.2. The van der Waals surface area contributed by atoms with Crippen molar-refractivity contribution < 1.29 is 20.9 Å². The number of rotatable bonds is 9. The van der Waals surface area contributed by atoms with Gasteiger partial charge in [0, 0.05) is 0 Å². The second-order valence-corrected chi connectivity index (χ2v) is 35.6. The average molecular weight is 769 g/mol. The summed E-state index contributed by atoms with van der Waals surface area (Å²) in [6, 6.07) is 55.5. The van der Waals surface area contributed by atoms with Crippen molar-refractivity contribution in [3.05, 3.63) is 190 Å². The van der Waals surface area contributed by atoms with Gasteiger partial charge in [0.05, 0.1) is 0 Å². The van der Waals surface area contributed by atoms with Gasteiger partial charge in [-0.25, -0.2) is 0 Å². The summed E-state index contributed by atoms with van der Waals surface area (Å²) in [5, 5.41) is 0. The Morgan fingerprint density at radius 3 is 1.17 bits per heavy atom. The molecule has 2 unspecified atom stereocenters. The Bertz CT molecular complexity index is 2130. The van der Waals surface area contributed by atoms with Crippen molar-refractivity contribution in [1.29, 1.82) is 0 Å². The Labute approximate surface area is 320 Å². The predicted octanol–water partition coefficient (Wildman–Crippen LogP) is 13.8. The number of hydrogen-bond acceptors (Lipinski definition) is 0. The molecule has 0 N–H and O–H groups in total. The van der Waals surface area contributed by atoms with Crippen molar-refractivity contribution in [2.75, 3.05) is 0 Å². The molecule has 0 spiro atoms. The molecule has 257 valence electrons. The number of allylic oxidation sites excluding steroid dienone is 2. The monoisotopic (exact) mass is 767 g/mol. The quantitative estimate of drug-likeness (QED) is 0.129. The van der Waals surface area contributed by atoms with Gasteiger partial charge in [-0.15, -0.1) is 0 Å². The molecule has 8 rings (SSSR count). The Hall–Kier alpha value is -4.10. The molecule has 52 heavy (non-hydrogen) atoms.